The fourth-order valence-corrected chi connectivity index (χ4v) is 7.99. The van der Waals surface area contributed by atoms with Crippen molar-refractivity contribution < 1.29 is 49.0 Å². The molecule has 4 N–H and O–H groups in total. The molecule has 364 valence electrons. The van der Waals surface area contributed by atoms with Gasteiger partial charge >= 0.3 is 11.9 Å². The van der Waals surface area contributed by atoms with E-state index in [0.29, 0.717) is 6.42 Å². The lowest BCUT2D eigenvalue weighted by Gasteiger charge is -2.39. The zero-order valence-corrected chi connectivity index (χ0v) is 39.9. The zero-order valence-electron chi connectivity index (χ0n) is 39.9. The highest BCUT2D eigenvalue weighted by Crippen LogP contribution is 2.23. The van der Waals surface area contributed by atoms with Crippen LogP contribution in [0.1, 0.15) is 239 Å². The Hall–Kier alpha value is -1.82. The molecule has 0 aromatic heterocycles. The molecule has 10 heteroatoms. The summed E-state index contributed by atoms with van der Waals surface area (Å²) < 4.78 is 22.2. The largest absolute Gasteiger partial charge is 0.462 e. The summed E-state index contributed by atoms with van der Waals surface area (Å²) >= 11 is 0. The Morgan fingerprint density at radius 1 is 0.500 bits per heavy atom. The van der Waals surface area contributed by atoms with Gasteiger partial charge in [-0.1, -0.05) is 212 Å². The van der Waals surface area contributed by atoms with E-state index in [2.05, 4.69) is 38.2 Å². The van der Waals surface area contributed by atoms with Gasteiger partial charge in [0.05, 0.1) is 13.2 Å². The van der Waals surface area contributed by atoms with Gasteiger partial charge in [-0.25, -0.2) is 0 Å². The van der Waals surface area contributed by atoms with Gasteiger partial charge < -0.3 is 39.4 Å². The lowest BCUT2D eigenvalue weighted by molar-refractivity contribution is -0.305. The van der Waals surface area contributed by atoms with Gasteiger partial charge in [0.15, 0.2) is 12.4 Å². The summed E-state index contributed by atoms with van der Waals surface area (Å²) in [5.74, 6) is -0.812. The van der Waals surface area contributed by atoms with Crippen LogP contribution in [0.3, 0.4) is 0 Å². The molecule has 0 aliphatic carbocycles. The quantitative estimate of drug-likeness (QED) is 0.0264. The van der Waals surface area contributed by atoms with Gasteiger partial charge in [0.1, 0.15) is 31.0 Å². The summed E-state index contributed by atoms with van der Waals surface area (Å²) in [6.45, 7) is 3.38. The number of aliphatic hydroxyl groups excluding tert-OH is 4. The Morgan fingerprint density at radius 3 is 1.40 bits per heavy atom. The van der Waals surface area contributed by atoms with Gasteiger partial charge in [-0.2, -0.15) is 0 Å². The molecule has 1 saturated heterocycles. The molecule has 1 aliphatic heterocycles. The van der Waals surface area contributed by atoms with E-state index >= 15 is 0 Å². The van der Waals surface area contributed by atoms with Crippen LogP contribution in [0, 0.1) is 0 Å². The summed E-state index contributed by atoms with van der Waals surface area (Å²) in [6, 6.07) is 0. The van der Waals surface area contributed by atoms with Crippen molar-refractivity contribution in [3.63, 3.8) is 0 Å². The summed E-state index contributed by atoms with van der Waals surface area (Å²) in [5, 5.41) is 40.1. The van der Waals surface area contributed by atoms with Gasteiger partial charge in [-0.3, -0.25) is 9.59 Å². The van der Waals surface area contributed by atoms with E-state index in [1.165, 1.54) is 141 Å². The third kappa shape index (κ3) is 33.7. The van der Waals surface area contributed by atoms with Crippen molar-refractivity contribution in [1.82, 2.24) is 0 Å². The normalized spacial score (nSPS) is 19.7. The fraction of sp³-hybridized carbons (Fsp3) is 0.885. The monoisotopic (exact) mass is 881 g/mol. The van der Waals surface area contributed by atoms with Crippen LogP contribution in [0.2, 0.25) is 0 Å². The Kier molecular flexibility index (Phi) is 40.4. The van der Waals surface area contributed by atoms with Crippen LogP contribution in [0.25, 0.3) is 0 Å². The second kappa shape index (κ2) is 43.1. The van der Waals surface area contributed by atoms with Crippen LogP contribution in [0.4, 0.5) is 0 Å². The molecule has 1 fully saturated rings. The highest BCUT2D eigenvalue weighted by molar-refractivity contribution is 5.70. The molecule has 0 aromatic rings. The van der Waals surface area contributed by atoms with Gasteiger partial charge in [0.25, 0.3) is 0 Å². The third-order valence-corrected chi connectivity index (χ3v) is 12.1. The zero-order chi connectivity index (χ0) is 45.1. The molecule has 0 bridgehead atoms. The fourth-order valence-electron chi connectivity index (χ4n) is 7.99. The minimum Gasteiger partial charge on any atom is -0.462 e. The van der Waals surface area contributed by atoms with Crippen LogP contribution in [-0.4, -0.2) is 89.0 Å². The van der Waals surface area contributed by atoms with Gasteiger partial charge in [0.2, 0.25) is 0 Å². The van der Waals surface area contributed by atoms with Crippen LogP contribution in [-0.2, 0) is 28.5 Å². The Balaban J connectivity index is 2.19. The molecule has 62 heavy (non-hydrogen) atoms. The molecule has 1 heterocycles. The maximum atomic E-state index is 12.8. The van der Waals surface area contributed by atoms with Crippen molar-refractivity contribution in [3.05, 3.63) is 24.3 Å². The van der Waals surface area contributed by atoms with Crippen LogP contribution < -0.4 is 0 Å². The number of ether oxygens (including phenoxy) is 4. The Bertz CT molecular complexity index is 1060. The second-order valence-electron chi connectivity index (χ2n) is 18.0. The molecule has 10 nitrogen and oxygen atoms in total. The number of allylic oxidation sites excluding steroid dienone is 4. The van der Waals surface area contributed by atoms with E-state index in [9.17, 15) is 30.0 Å². The lowest BCUT2D eigenvalue weighted by Crippen LogP contribution is -2.59. The first-order chi connectivity index (χ1) is 30.3. The van der Waals surface area contributed by atoms with Crippen molar-refractivity contribution in [1.29, 1.82) is 0 Å². The van der Waals surface area contributed by atoms with E-state index in [1.54, 1.807) is 0 Å². The number of aliphatic hydroxyl groups is 4. The van der Waals surface area contributed by atoms with Crippen LogP contribution >= 0.6 is 0 Å². The number of hydrogen-bond donors (Lipinski definition) is 4. The first-order valence-corrected chi connectivity index (χ1v) is 25.9. The van der Waals surface area contributed by atoms with Crippen molar-refractivity contribution in [2.45, 2.75) is 275 Å². The van der Waals surface area contributed by atoms with Gasteiger partial charge in [-0.05, 0) is 38.5 Å². The molecule has 1 aliphatic rings. The minimum absolute atomic E-state index is 0.216. The minimum atomic E-state index is -1.60. The van der Waals surface area contributed by atoms with E-state index < -0.39 is 49.4 Å². The SMILES string of the molecule is CCC/C=C\C/C=C\CCCCCCCC(=O)OC(COC(=O)CCCCCCCCCCCCCCCCCCCCCCCCCC)COC1OC(CO)C(O)C(O)C1O. The first-order valence-electron chi connectivity index (χ1n) is 25.9. The van der Waals surface area contributed by atoms with Gasteiger partial charge in [0, 0.05) is 12.8 Å². The molecule has 0 amide bonds. The van der Waals surface area contributed by atoms with Crippen LogP contribution in [0.15, 0.2) is 24.3 Å². The summed E-state index contributed by atoms with van der Waals surface area (Å²) in [5.41, 5.74) is 0. The highest BCUT2D eigenvalue weighted by Gasteiger charge is 2.44. The number of esters is 2. The van der Waals surface area contributed by atoms with Crippen molar-refractivity contribution in [2.75, 3.05) is 19.8 Å². The van der Waals surface area contributed by atoms with Crippen molar-refractivity contribution in [2.24, 2.45) is 0 Å². The summed E-state index contributed by atoms with van der Waals surface area (Å²) in [6.07, 6.45) is 42.0. The highest BCUT2D eigenvalue weighted by atomic mass is 16.7. The van der Waals surface area contributed by atoms with E-state index in [-0.39, 0.29) is 32.0 Å². The molecule has 0 aromatic carbocycles. The summed E-state index contributed by atoms with van der Waals surface area (Å²) in [4.78, 5) is 25.4. The smallest absolute Gasteiger partial charge is 0.306 e. The standard InChI is InChI=1S/C52H96O10/c1-3-5-7-9-11-13-15-17-18-19-20-21-22-23-24-25-26-27-29-30-32-34-36-38-40-47(54)59-43-45(44-60-52-51(58)50(57)49(56)46(42-53)62-52)61-48(55)41-39-37-35-33-31-28-16-14-12-10-8-6-4-2/h8,10,14,16,45-46,49-53,56-58H,3-7,9,11-13,15,17-44H2,1-2H3/b10-8-,16-14-. The third-order valence-electron chi connectivity index (χ3n) is 12.1. The molecule has 0 radical (unpaired) electrons. The number of carbonyl (C=O) groups is 2. The Labute approximate surface area is 379 Å². The maximum absolute atomic E-state index is 12.8. The molecule has 0 spiro atoms. The van der Waals surface area contributed by atoms with Crippen molar-refractivity contribution in [3.8, 4) is 0 Å². The van der Waals surface area contributed by atoms with Crippen LogP contribution in [0.5, 0.6) is 0 Å². The number of rotatable bonds is 44. The molecule has 6 atom stereocenters. The molecule has 6 unspecified atom stereocenters. The Morgan fingerprint density at radius 2 is 0.935 bits per heavy atom. The molecular formula is C52H96O10. The summed E-state index contributed by atoms with van der Waals surface area (Å²) in [7, 11) is 0. The van der Waals surface area contributed by atoms with E-state index in [0.717, 1.165) is 64.2 Å². The predicted octanol–water partition coefficient (Wildman–Crippen LogP) is 12.1. The van der Waals surface area contributed by atoms with Gasteiger partial charge in [-0.15, -0.1) is 0 Å². The second-order valence-corrected chi connectivity index (χ2v) is 18.0. The number of unbranched alkanes of at least 4 members (excludes halogenated alkanes) is 29. The first kappa shape index (κ1) is 58.2. The molecule has 1 rings (SSSR count). The molecule has 0 saturated carbocycles. The van der Waals surface area contributed by atoms with E-state index in [4.69, 9.17) is 18.9 Å². The maximum Gasteiger partial charge on any atom is 0.306 e. The predicted molar refractivity (Wildman–Crippen MR) is 252 cm³/mol. The number of hydrogen-bond acceptors (Lipinski definition) is 10. The van der Waals surface area contributed by atoms with Crippen molar-refractivity contribution >= 4 is 11.9 Å². The lowest BCUT2D eigenvalue weighted by atomic mass is 9.99. The number of carbonyl (C=O) groups excluding carboxylic acids is 2. The topological polar surface area (TPSA) is 152 Å². The molecular weight excluding hydrogens is 785 g/mol. The average molecular weight is 881 g/mol. The average Bonchev–Trinajstić information content (AvgIpc) is 3.27. The van der Waals surface area contributed by atoms with E-state index in [1.807, 2.05) is 0 Å².